The molecule has 162 valence electrons. The predicted octanol–water partition coefficient (Wildman–Crippen LogP) is 5.24. The molecule has 0 saturated heterocycles. The first-order valence-electron chi connectivity index (χ1n) is 10.7. The molecule has 0 amide bonds. The first-order chi connectivity index (χ1) is 15.1. The average Bonchev–Trinajstić information content (AvgIpc) is 3.20. The Morgan fingerprint density at radius 1 is 0.871 bits per heavy atom. The van der Waals surface area contributed by atoms with Crippen molar-refractivity contribution in [3.63, 3.8) is 0 Å². The van der Waals surface area contributed by atoms with E-state index in [1.807, 2.05) is 42.5 Å². The van der Waals surface area contributed by atoms with Crippen LogP contribution in [0, 0.1) is 0 Å². The van der Waals surface area contributed by atoms with Crippen molar-refractivity contribution in [1.29, 1.82) is 0 Å². The maximum atomic E-state index is 12.9. The number of benzene rings is 2. The number of aryl methyl sites for hydroxylation is 1. The fraction of sp³-hybridized carbons (Fsp3) is 0.320. The standard InChI is InChI=1S/C25H28N2O4/c1-4-7-11-18-14-16-20(17-15-18)27-23(19-12-9-8-10-13-19)21(24(28)30-5-2)22(26-27)25(29)31-6-3/h8-10,12-17H,4-7,11H2,1-3H3. The van der Waals surface area contributed by atoms with Crippen LogP contribution in [0.3, 0.4) is 0 Å². The smallest absolute Gasteiger partial charge is 0.359 e. The van der Waals surface area contributed by atoms with E-state index < -0.39 is 11.9 Å². The van der Waals surface area contributed by atoms with Crippen LogP contribution in [0.5, 0.6) is 0 Å². The molecule has 0 aliphatic heterocycles. The maximum Gasteiger partial charge on any atom is 0.359 e. The Morgan fingerprint density at radius 2 is 1.52 bits per heavy atom. The number of aromatic nitrogens is 2. The highest BCUT2D eigenvalue weighted by atomic mass is 16.5. The van der Waals surface area contributed by atoms with Crippen molar-refractivity contribution in [1.82, 2.24) is 9.78 Å². The lowest BCUT2D eigenvalue weighted by atomic mass is 10.0. The number of hydrogen-bond donors (Lipinski definition) is 0. The molecule has 0 spiro atoms. The molecule has 1 aromatic heterocycles. The Hall–Kier alpha value is -3.41. The van der Waals surface area contributed by atoms with E-state index in [0.717, 1.165) is 30.5 Å². The molecule has 0 aliphatic carbocycles. The molecule has 6 nitrogen and oxygen atoms in total. The fourth-order valence-corrected chi connectivity index (χ4v) is 3.39. The summed E-state index contributed by atoms with van der Waals surface area (Å²) in [4.78, 5) is 25.6. The summed E-state index contributed by atoms with van der Waals surface area (Å²) in [5, 5.41) is 4.51. The van der Waals surface area contributed by atoms with Crippen molar-refractivity contribution in [2.24, 2.45) is 0 Å². The molecular formula is C25H28N2O4. The topological polar surface area (TPSA) is 70.4 Å². The summed E-state index contributed by atoms with van der Waals surface area (Å²) in [6.45, 7) is 5.97. The maximum absolute atomic E-state index is 12.9. The van der Waals surface area contributed by atoms with E-state index in [2.05, 4.69) is 24.2 Å². The van der Waals surface area contributed by atoms with Crippen LogP contribution in [0.25, 0.3) is 16.9 Å². The van der Waals surface area contributed by atoms with E-state index in [4.69, 9.17) is 9.47 Å². The second-order valence-corrected chi connectivity index (χ2v) is 7.06. The Morgan fingerprint density at radius 3 is 2.13 bits per heavy atom. The van der Waals surface area contributed by atoms with Crippen molar-refractivity contribution in [2.75, 3.05) is 13.2 Å². The molecule has 1 heterocycles. The number of carbonyl (C=O) groups is 2. The van der Waals surface area contributed by atoms with E-state index in [1.54, 1.807) is 18.5 Å². The van der Waals surface area contributed by atoms with Gasteiger partial charge in [0, 0.05) is 5.56 Å². The quantitative estimate of drug-likeness (QED) is 0.443. The Balaban J connectivity index is 2.21. The third kappa shape index (κ3) is 5.02. The van der Waals surface area contributed by atoms with Crippen LogP contribution in [0.4, 0.5) is 0 Å². The van der Waals surface area contributed by atoms with Gasteiger partial charge in [0.1, 0.15) is 5.56 Å². The third-order valence-electron chi connectivity index (χ3n) is 4.88. The summed E-state index contributed by atoms with van der Waals surface area (Å²) in [5.41, 5.74) is 3.30. The molecule has 3 aromatic rings. The van der Waals surface area contributed by atoms with Crippen molar-refractivity contribution in [3.05, 3.63) is 71.4 Å². The monoisotopic (exact) mass is 420 g/mol. The molecule has 0 bridgehead atoms. The van der Waals surface area contributed by atoms with Crippen LogP contribution < -0.4 is 0 Å². The molecule has 0 saturated carbocycles. The van der Waals surface area contributed by atoms with Gasteiger partial charge in [-0.25, -0.2) is 14.3 Å². The summed E-state index contributed by atoms with van der Waals surface area (Å²) in [6, 6.07) is 17.4. The van der Waals surface area contributed by atoms with Gasteiger partial charge in [-0.2, -0.15) is 5.10 Å². The van der Waals surface area contributed by atoms with E-state index >= 15 is 0 Å². The van der Waals surface area contributed by atoms with Gasteiger partial charge in [0.15, 0.2) is 5.69 Å². The van der Waals surface area contributed by atoms with Crippen LogP contribution in [0.15, 0.2) is 54.6 Å². The number of nitrogens with zero attached hydrogens (tertiary/aromatic N) is 2. The zero-order chi connectivity index (χ0) is 22.2. The zero-order valence-corrected chi connectivity index (χ0v) is 18.3. The number of carbonyl (C=O) groups excluding carboxylic acids is 2. The van der Waals surface area contributed by atoms with Gasteiger partial charge in [-0.3, -0.25) is 0 Å². The second-order valence-electron chi connectivity index (χ2n) is 7.06. The highest BCUT2D eigenvalue weighted by molar-refractivity contribution is 6.06. The molecule has 0 atom stereocenters. The minimum Gasteiger partial charge on any atom is -0.462 e. The predicted molar refractivity (Wildman–Crippen MR) is 120 cm³/mol. The molecule has 0 aliphatic rings. The molecule has 0 N–H and O–H groups in total. The molecular weight excluding hydrogens is 392 g/mol. The van der Waals surface area contributed by atoms with E-state index in [1.165, 1.54) is 5.56 Å². The summed E-state index contributed by atoms with van der Waals surface area (Å²) >= 11 is 0. The lowest BCUT2D eigenvalue weighted by molar-refractivity contribution is 0.0476. The first kappa shape index (κ1) is 22.3. The summed E-state index contributed by atoms with van der Waals surface area (Å²) < 4.78 is 12.1. The normalized spacial score (nSPS) is 10.7. The van der Waals surface area contributed by atoms with Crippen LogP contribution >= 0.6 is 0 Å². The number of unbranched alkanes of at least 4 members (excludes halogenated alkanes) is 1. The van der Waals surface area contributed by atoms with Gasteiger partial charge in [-0.1, -0.05) is 55.8 Å². The minimum atomic E-state index is -0.652. The highest BCUT2D eigenvalue weighted by Crippen LogP contribution is 2.30. The summed E-state index contributed by atoms with van der Waals surface area (Å²) in [7, 11) is 0. The average molecular weight is 421 g/mol. The van der Waals surface area contributed by atoms with Crippen molar-refractivity contribution >= 4 is 11.9 Å². The van der Waals surface area contributed by atoms with Crippen LogP contribution in [0.2, 0.25) is 0 Å². The van der Waals surface area contributed by atoms with Gasteiger partial charge >= 0.3 is 11.9 Å². The zero-order valence-electron chi connectivity index (χ0n) is 18.3. The van der Waals surface area contributed by atoms with Crippen molar-refractivity contribution in [3.8, 4) is 16.9 Å². The largest absolute Gasteiger partial charge is 0.462 e. The van der Waals surface area contributed by atoms with Gasteiger partial charge in [0.05, 0.1) is 24.6 Å². The van der Waals surface area contributed by atoms with E-state index in [-0.39, 0.29) is 24.5 Å². The van der Waals surface area contributed by atoms with Crippen LogP contribution in [0.1, 0.15) is 60.0 Å². The summed E-state index contributed by atoms with van der Waals surface area (Å²) in [5.74, 6) is -1.25. The van der Waals surface area contributed by atoms with Crippen LogP contribution in [-0.4, -0.2) is 34.9 Å². The van der Waals surface area contributed by atoms with Gasteiger partial charge in [0.2, 0.25) is 0 Å². The molecule has 0 unspecified atom stereocenters. The summed E-state index contributed by atoms with van der Waals surface area (Å²) in [6.07, 6.45) is 3.25. The van der Waals surface area contributed by atoms with Gasteiger partial charge in [-0.05, 0) is 44.4 Å². The van der Waals surface area contributed by atoms with E-state index in [0.29, 0.717) is 5.69 Å². The fourth-order valence-electron chi connectivity index (χ4n) is 3.39. The number of hydrogen-bond acceptors (Lipinski definition) is 5. The Labute approximate surface area is 182 Å². The van der Waals surface area contributed by atoms with E-state index in [9.17, 15) is 9.59 Å². The highest BCUT2D eigenvalue weighted by Gasteiger charge is 2.31. The second kappa shape index (κ2) is 10.6. The van der Waals surface area contributed by atoms with Crippen molar-refractivity contribution in [2.45, 2.75) is 40.0 Å². The van der Waals surface area contributed by atoms with Gasteiger partial charge < -0.3 is 9.47 Å². The van der Waals surface area contributed by atoms with Gasteiger partial charge in [-0.15, -0.1) is 0 Å². The van der Waals surface area contributed by atoms with Crippen LogP contribution in [-0.2, 0) is 15.9 Å². The molecule has 0 fully saturated rings. The minimum absolute atomic E-state index is 0.0470. The molecule has 3 rings (SSSR count). The third-order valence-corrected chi connectivity index (χ3v) is 4.88. The Bertz CT molecular complexity index is 1020. The van der Waals surface area contributed by atoms with Gasteiger partial charge in [0.25, 0.3) is 0 Å². The first-order valence-corrected chi connectivity index (χ1v) is 10.7. The lowest BCUT2D eigenvalue weighted by Crippen LogP contribution is -2.13. The number of esters is 2. The molecule has 6 heteroatoms. The number of ether oxygens (including phenoxy) is 2. The molecule has 0 radical (unpaired) electrons. The lowest BCUT2D eigenvalue weighted by Gasteiger charge is -2.10. The SMILES string of the molecule is CCCCc1ccc(-n2nc(C(=O)OCC)c(C(=O)OCC)c2-c2ccccc2)cc1. The molecule has 2 aromatic carbocycles. The van der Waals surface area contributed by atoms with Crippen molar-refractivity contribution < 1.29 is 19.1 Å². The molecule has 31 heavy (non-hydrogen) atoms. The Kier molecular flexibility index (Phi) is 7.60. The number of rotatable bonds is 9.